The van der Waals surface area contributed by atoms with Crippen molar-refractivity contribution in [1.82, 2.24) is 5.32 Å². The van der Waals surface area contributed by atoms with Gasteiger partial charge in [0, 0.05) is 40.8 Å². The molecule has 8 nitrogen and oxygen atoms in total. The second-order valence-electron chi connectivity index (χ2n) is 11.8. The molecule has 228 valence electrons. The number of Topliss-reactive ketones (excluding diaryl/α,β-unsaturated/α-hetero) is 1. The number of aliphatic hydroxyl groups excluding tert-OH is 1. The molecule has 8 bridgehead atoms. The second-order valence-corrected chi connectivity index (χ2v) is 11.8. The third-order valence-electron chi connectivity index (χ3n) is 9.05. The van der Waals surface area contributed by atoms with Crippen LogP contribution in [0.25, 0.3) is 0 Å². The Hall–Kier alpha value is -4.59. The molecule has 0 aromatic rings. The molecule has 5 aliphatic heterocycles. The standard InChI is InChI=1S/C36H40N4O4/c1-9-23-19(4)26-13-27-21(6)25(12-11-18(3)41)32(39-27)16-33-36(34(42)17-35(43)44-8)22(7)29(40-33)15-31-24(10-2)20(5)28(38-31)14-30(23)37-26/h9,13-16,21,25,39,42H,1,10-12,17H2,2-8H3/b27-13?,30-14?,31-15?,32-16?,36-34+/t21-,25-/m0/s1. The molecular formula is C36H40N4O4. The molecule has 0 spiro atoms. The first-order valence-corrected chi connectivity index (χ1v) is 15.1. The van der Waals surface area contributed by atoms with Crippen LogP contribution in [-0.4, -0.2) is 41.1 Å². The third-order valence-corrected chi connectivity index (χ3v) is 9.05. The lowest BCUT2D eigenvalue weighted by molar-refractivity contribution is -0.140. The Balaban J connectivity index is 1.78. The van der Waals surface area contributed by atoms with Crippen molar-refractivity contribution < 1.29 is 19.4 Å². The summed E-state index contributed by atoms with van der Waals surface area (Å²) in [5.74, 6) is -0.442. The van der Waals surface area contributed by atoms with Crippen LogP contribution in [0.1, 0.15) is 67.2 Å². The number of ketones is 1. The van der Waals surface area contributed by atoms with Gasteiger partial charge in [-0.25, -0.2) is 15.0 Å². The normalized spacial score (nSPS) is 23.8. The summed E-state index contributed by atoms with van der Waals surface area (Å²) in [6, 6.07) is 0. The number of hydrogen-bond donors (Lipinski definition) is 2. The first kappa shape index (κ1) is 30.9. The van der Waals surface area contributed by atoms with Crippen molar-refractivity contribution in [1.29, 1.82) is 0 Å². The molecule has 0 amide bonds. The van der Waals surface area contributed by atoms with E-state index < -0.39 is 5.97 Å². The number of esters is 1. The number of hydrogen-bond acceptors (Lipinski definition) is 8. The summed E-state index contributed by atoms with van der Waals surface area (Å²) < 4.78 is 4.85. The van der Waals surface area contributed by atoms with Gasteiger partial charge in [-0.15, -0.1) is 0 Å². The Morgan fingerprint density at radius 3 is 2.32 bits per heavy atom. The number of aliphatic imine (C=N–C) groups is 3. The largest absolute Gasteiger partial charge is 0.511 e. The van der Waals surface area contributed by atoms with E-state index in [0.29, 0.717) is 29.8 Å². The summed E-state index contributed by atoms with van der Waals surface area (Å²) >= 11 is 0. The van der Waals surface area contributed by atoms with Gasteiger partial charge in [0.15, 0.2) is 0 Å². The number of nitrogens with one attached hydrogen (secondary N) is 1. The molecule has 1 fully saturated rings. The molecule has 5 heterocycles. The van der Waals surface area contributed by atoms with Gasteiger partial charge in [-0.1, -0.05) is 26.5 Å². The third kappa shape index (κ3) is 5.56. The summed E-state index contributed by atoms with van der Waals surface area (Å²) in [4.78, 5) is 39.3. The van der Waals surface area contributed by atoms with Crippen molar-refractivity contribution in [2.75, 3.05) is 7.11 Å². The van der Waals surface area contributed by atoms with Crippen molar-refractivity contribution in [3.8, 4) is 0 Å². The summed E-state index contributed by atoms with van der Waals surface area (Å²) in [6.07, 6.45) is 11.4. The zero-order valence-electron chi connectivity index (χ0n) is 26.6. The molecule has 0 unspecified atom stereocenters. The topological polar surface area (TPSA) is 113 Å². The summed E-state index contributed by atoms with van der Waals surface area (Å²) in [7, 11) is 1.30. The number of rotatable bonds is 7. The van der Waals surface area contributed by atoms with Crippen LogP contribution in [0, 0.1) is 11.8 Å². The predicted octanol–water partition coefficient (Wildman–Crippen LogP) is 7.00. The molecule has 0 aliphatic carbocycles. The fourth-order valence-corrected chi connectivity index (χ4v) is 6.43. The molecule has 0 radical (unpaired) electrons. The average molecular weight is 593 g/mol. The molecule has 0 aromatic carbocycles. The number of aliphatic hydroxyl groups is 1. The highest BCUT2D eigenvalue weighted by molar-refractivity contribution is 6.17. The minimum Gasteiger partial charge on any atom is -0.511 e. The van der Waals surface area contributed by atoms with E-state index in [4.69, 9.17) is 19.7 Å². The van der Waals surface area contributed by atoms with Gasteiger partial charge in [-0.2, -0.15) is 0 Å². The Morgan fingerprint density at radius 2 is 1.66 bits per heavy atom. The molecule has 2 N–H and O–H groups in total. The van der Waals surface area contributed by atoms with E-state index in [1.54, 1.807) is 6.92 Å². The number of carbonyl (C=O) groups is 2. The fourth-order valence-electron chi connectivity index (χ4n) is 6.43. The lowest BCUT2D eigenvalue weighted by atomic mass is 9.87. The number of methoxy groups -OCH3 is 1. The van der Waals surface area contributed by atoms with Gasteiger partial charge >= 0.3 is 5.97 Å². The zero-order chi connectivity index (χ0) is 31.9. The first-order chi connectivity index (χ1) is 21.0. The molecule has 8 heteroatoms. The van der Waals surface area contributed by atoms with Gasteiger partial charge in [0.25, 0.3) is 0 Å². The Morgan fingerprint density at radius 1 is 0.977 bits per heavy atom. The second kappa shape index (κ2) is 12.2. The van der Waals surface area contributed by atoms with Crippen molar-refractivity contribution in [2.24, 2.45) is 26.8 Å². The van der Waals surface area contributed by atoms with Gasteiger partial charge < -0.3 is 20.0 Å². The lowest BCUT2D eigenvalue weighted by Gasteiger charge is -2.15. The Labute approximate surface area is 259 Å². The lowest BCUT2D eigenvalue weighted by Crippen LogP contribution is -2.13. The maximum absolute atomic E-state index is 12.2. The first-order valence-electron chi connectivity index (χ1n) is 15.1. The Kier molecular flexibility index (Phi) is 8.55. The van der Waals surface area contributed by atoms with E-state index in [2.05, 4.69) is 45.7 Å². The summed E-state index contributed by atoms with van der Waals surface area (Å²) in [6.45, 7) is 15.9. The predicted molar refractivity (Wildman–Crippen MR) is 175 cm³/mol. The highest BCUT2D eigenvalue weighted by Gasteiger charge is 2.35. The number of nitrogens with zero attached hydrogens (tertiary/aromatic N) is 3. The smallest absolute Gasteiger partial charge is 0.313 e. The van der Waals surface area contributed by atoms with Crippen molar-refractivity contribution in [2.45, 2.75) is 67.2 Å². The minimum absolute atomic E-state index is 0.00858. The quantitative estimate of drug-likeness (QED) is 0.244. The molecule has 5 rings (SSSR count). The van der Waals surface area contributed by atoms with E-state index in [9.17, 15) is 14.7 Å². The van der Waals surface area contributed by atoms with Gasteiger partial charge in [0.05, 0.1) is 41.3 Å². The number of ether oxygens (including phenoxy) is 1. The van der Waals surface area contributed by atoms with E-state index in [-0.39, 0.29) is 29.8 Å². The van der Waals surface area contributed by atoms with Gasteiger partial charge in [-0.05, 0) is 87.1 Å². The van der Waals surface area contributed by atoms with Crippen molar-refractivity contribution in [3.63, 3.8) is 0 Å². The van der Waals surface area contributed by atoms with Crippen LogP contribution in [0.2, 0.25) is 0 Å². The van der Waals surface area contributed by atoms with Crippen LogP contribution < -0.4 is 5.32 Å². The van der Waals surface area contributed by atoms with Gasteiger partial charge in [0.2, 0.25) is 0 Å². The van der Waals surface area contributed by atoms with E-state index in [0.717, 1.165) is 68.5 Å². The van der Waals surface area contributed by atoms with E-state index in [1.807, 2.05) is 31.2 Å². The fraction of sp³-hybridized carbons (Fsp3) is 0.361. The molecule has 0 saturated carbocycles. The summed E-state index contributed by atoms with van der Waals surface area (Å²) in [5.41, 5.74) is 11.8. The molecular weight excluding hydrogens is 552 g/mol. The summed E-state index contributed by atoms with van der Waals surface area (Å²) in [5, 5.41) is 14.8. The Bertz CT molecular complexity index is 1730. The molecule has 5 aliphatic rings. The maximum Gasteiger partial charge on any atom is 0.313 e. The van der Waals surface area contributed by atoms with Gasteiger partial charge in [0.1, 0.15) is 18.0 Å². The van der Waals surface area contributed by atoms with Crippen LogP contribution >= 0.6 is 0 Å². The van der Waals surface area contributed by atoms with Crippen LogP contribution in [-0.2, 0) is 14.3 Å². The van der Waals surface area contributed by atoms with Crippen LogP contribution in [0.15, 0.2) is 120 Å². The zero-order valence-corrected chi connectivity index (χ0v) is 26.6. The number of allylic oxidation sites excluding steroid dienone is 12. The highest BCUT2D eigenvalue weighted by Crippen LogP contribution is 2.40. The molecule has 0 aromatic heterocycles. The van der Waals surface area contributed by atoms with Crippen LogP contribution in [0.5, 0.6) is 0 Å². The highest BCUT2D eigenvalue weighted by atomic mass is 16.5. The van der Waals surface area contributed by atoms with E-state index in [1.165, 1.54) is 7.11 Å². The molecule has 1 saturated heterocycles. The van der Waals surface area contributed by atoms with Crippen LogP contribution in [0.3, 0.4) is 0 Å². The SMILES string of the molecule is C=CC1=C(C)C2=NC1=CC1=NC(=CC3=C(C)/C(=C(\O)CC(=O)OC)C(=N3)C=C3NC(=C2)[C@@H](C)[C@@H]3CCC(C)=O)C(CC)=C1C. The van der Waals surface area contributed by atoms with E-state index >= 15 is 0 Å². The van der Waals surface area contributed by atoms with Crippen molar-refractivity contribution in [3.05, 3.63) is 105 Å². The average Bonchev–Trinajstić information content (AvgIpc) is 3.64. The monoisotopic (exact) mass is 592 g/mol. The van der Waals surface area contributed by atoms with Crippen molar-refractivity contribution >= 4 is 28.9 Å². The number of carbonyl (C=O) groups excluding carboxylic acids is 2. The van der Waals surface area contributed by atoms with Crippen LogP contribution in [0.4, 0.5) is 0 Å². The minimum atomic E-state index is -0.541. The molecule has 44 heavy (non-hydrogen) atoms. The maximum atomic E-state index is 12.2. The number of fused-ring (bicyclic) bond motifs is 5. The van der Waals surface area contributed by atoms with Gasteiger partial charge in [-0.3, -0.25) is 4.79 Å². The molecule has 2 atom stereocenters.